The molecule has 7 aromatic carbocycles. The third kappa shape index (κ3) is 5.09. The van der Waals surface area contributed by atoms with Crippen molar-refractivity contribution in [2.24, 2.45) is 5.92 Å². The molecule has 9 rings (SSSR count). The molecule has 8 aromatic rings. The molecule has 0 saturated carbocycles. The molecule has 1 heterocycles. The van der Waals surface area contributed by atoms with Gasteiger partial charge in [-0.1, -0.05) is 177 Å². The fourth-order valence-corrected chi connectivity index (χ4v) is 8.75. The van der Waals surface area contributed by atoms with Crippen LogP contribution in [0.4, 0.5) is 0 Å². The SMILES string of the molecule is CC(C)Cc1ccc(C2(c3cccc(-c4ccc(-c5nnc(-c6ccc7ccccc7c6)s5)cc4)c3)c3ccccc3-c3ccccc32)cc1. The first-order valence-electron chi connectivity index (χ1n) is 17.4. The van der Waals surface area contributed by atoms with Gasteiger partial charge < -0.3 is 0 Å². The van der Waals surface area contributed by atoms with Crippen LogP contribution in [-0.2, 0) is 11.8 Å². The third-order valence-electron chi connectivity index (χ3n) is 10.2. The first-order chi connectivity index (χ1) is 24.6. The highest BCUT2D eigenvalue weighted by Gasteiger charge is 2.45. The molecule has 0 fully saturated rings. The van der Waals surface area contributed by atoms with E-state index in [2.05, 4.69) is 188 Å². The fourth-order valence-electron chi connectivity index (χ4n) is 7.90. The number of rotatable bonds is 7. The van der Waals surface area contributed by atoms with E-state index in [1.807, 2.05) is 0 Å². The van der Waals surface area contributed by atoms with E-state index in [-0.39, 0.29) is 0 Å². The summed E-state index contributed by atoms with van der Waals surface area (Å²) in [6.07, 6.45) is 1.08. The van der Waals surface area contributed by atoms with Gasteiger partial charge in [-0.15, -0.1) is 10.2 Å². The van der Waals surface area contributed by atoms with Crippen molar-refractivity contribution < 1.29 is 0 Å². The zero-order valence-electron chi connectivity index (χ0n) is 28.2. The number of aromatic nitrogens is 2. The molecule has 0 amide bonds. The summed E-state index contributed by atoms with van der Waals surface area (Å²) >= 11 is 1.63. The van der Waals surface area contributed by atoms with E-state index in [4.69, 9.17) is 0 Å². The Hall–Kier alpha value is -5.64. The summed E-state index contributed by atoms with van der Waals surface area (Å²) in [6.45, 7) is 4.57. The second-order valence-corrected chi connectivity index (χ2v) is 14.7. The molecule has 0 atom stereocenters. The first kappa shape index (κ1) is 30.4. The Labute approximate surface area is 297 Å². The molecule has 1 aliphatic carbocycles. The Bertz CT molecular complexity index is 2440. The molecule has 0 unspecified atom stereocenters. The quantitative estimate of drug-likeness (QED) is 0.170. The average Bonchev–Trinajstić information content (AvgIpc) is 3.78. The minimum absolute atomic E-state index is 0.425. The second-order valence-electron chi connectivity index (χ2n) is 13.8. The van der Waals surface area contributed by atoms with Gasteiger partial charge in [-0.2, -0.15) is 0 Å². The molecule has 0 saturated heterocycles. The summed E-state index contributed by atoms with van der Waals surface area (Å²) in [4.78, 5) is 0. The maximum atomic E-state index is 4.59. The molecule has 1 aromatic heterocycles. The van der Waals surface area contributed by atoms with Crippen LogP contribution in [0, 0.1) is 5.92 Å². The average molecular weight is 661 g/mol. The molecule has 0 radical (unpaired) electrons. The van der Waals surface area contributed by atoms with Gasteiger partial charge >= 0.3 is 0 Å². The molecular weight excluding hydrogens is 625 g/mol. The standard InChI is InChI=1S/C47H36N2S/c1-31(2)28-32-18-26-39(27-19-32)47(43-16-7-5-14-41(43)42-15-6-8-17-44(42)47)40-13-9-12-37(30-40)34-20-23-35(24-21-34)45-48-49-46(50-45)38-25-22-33-10-3-4-11-36(33)29-38/h3-27,29-31H,28H2,1-2H3. The van der Waals surface area contributed by atoms with Crippen LogP contribution in [-0.4, -0.2) is 10.2 Å². The van der Waals surface area contributed by atoms with Crippen molar-refractivity contribution in [1.29, 1.82) is 0 Å². The zero-order valence-corrected chi connectivity index (χ0v) is 29.0. The lowest BCUT2D eigenvalue weighted by Gasteiger charge is -2.34. The monoisotopic (exact) mass is 660 g/mol. The third-order valence-corrected chi connectivity index (χ3v) is 11.2. The van der Waals surface area contributed by atoms with E-state index >= 15 is 0 Å². The Balaban J connectivity index is 1.10. The molecule has 0 bridgehead atoms. The van der Waals surface area contributed by atoms with Crippen molar-refractivity contribution in [3.63, 3.8) is 0 Å². The summed E-state index contributed by atoms with van der Waals surface area (Å²) in [6, 6.07) is 60.2. The van der Waals surface area contributed by atoms with Gasteiger partial charge in [0.1, 0.15) is 10.0 Å². The van der Waals surface area contributed by atoms with Crippen LogP contribution in [0.5, 0.6) is 0 Å². The number of fused-ring (bicyclic) bond motifs is 4. The Kier molecular flexibility index (Phi) is 7.52. The van der Waals surface area contributed by atoms with Crippen LogP contribution < -0.4 is 0 Å². The van der Waals surface area contributed by atoms with Crippen molar-refractivity contribution in [3.05, 3.63) is 192 Å². The van der Waals surface area contributed by atoms with Crippen LogP contribution >= 0.6 is 11.3 Å². The fraction of sp³-hybridized carbons (Fsp3) is 0.106. The van der Waals surface area contributed by atoms with Gasteiger partial charge in [0.2, 0.25) is 0 Å². The van der Waals surface area contributed by atoms with E-state index in [0.29, 0.717) is 5.92 Å². The highest BCUT2D eigenvalue weighted by Crippen LogP contribution is 2.56. The summed E-state index contributed by atoms with van der Waals surface area (Å²) < 4.78 is 0. The highest BCUT2D eigenvalue weighted by molar-refractivity contribution is 7.17. The lowest BCUT2D eigenvalue weighted by atomic mass is 9.67. The van der Waals surface area contributed by atoms with E-state index in [1.54, 1.807) is 11.3 Å². The number of hydrogen-bond donors (Lipinski definition) is 0. The lowest BCUT2D eigenvalue weighted by molar-refractivity contribution is 0.646. The number of hydrogen-bond acceptors (Lipinski definition) is 3. The molecule has 3 heteroatoms. The van der Waals surface area contributed by atoms with Gasteiger partial charge in [0, 0.05) is 11.1 Å². The minimum atomic E-state index is -0.425. The zero-order chi connectivity index (χ0) is 33.7. The van der Waals surface area contributed by atoms with Crippen LogP contribution in [0.25, 0.3) is 54.2 Å². The van der Waals surface area contributed by atoms with Crippen LogP contribution in [0.1, 0.15) is 41.7 Å². The maximum absolute atomic E-state index is 4.59. The lowest BCUT2D eigenvalue weighted by Crippen LogP contribution is -2.28. The molecule has 1 aliphatic rings. The van der Waals surface area contributed by atoms with Crippen molar-refractivity contribution >= 4 is 22.1 Å². The molecule has 0 N–H and O–H groups in total. The van der Waals surface area contributed by atoms with Gasteiger partial charge in [0.25, 0.3) is 0 Å². The predicted molar refractivity (Wildman–Crippen MR) is 210 cm³/mol. The Morgan fingerprint density at radius 3 is 1.78 bits per heavy atom. The summed E-state index contributed by atoms with van der Waals surface area (Å²) in [7, 11) is 0. The van der Waals surface area contributed by atoms with Gasteiger partial charge in [-0.3, -0.25) is 0 Å². The highest BCUT2D eigenvalue weighted by atomic mass is 32.1. The van der Waals surface area contributed by atoms with E-state index in [1.165, 1.54) is 60.8 Å². The molecule has 0 aliphatic heterocycles. The summed E-state index contributed by atoms with van der Waals surface area (Å²) in [5.74, 6) is 0.615. The van der Waals surface area contributed by atoms with Gasteiger partial charge in [0.15, 0.2) is 0 Å². The van der Waals surface area contributed by atoms with Crippen LogP contribution in [0.15, 0.2) is 164 Å². The van der Waals surface area contributed by atoms with Crippen molar-refractivity contribution in [1.82, 2.24) is 10.2 Å². The summed E-state index contributed by atoms with van der Waals surface area (Å²) in [5, 5.41) is 13.5. The van der Waals surface area contributed by atoms with E-state index in [0.717, 1.165) is 27.6 Å². The van der Waals surface area contributed by atoms with Crippen LogP contribution in [0.2, 0.25) is 0 Å². The molecule has 240 valence electrons. The van der Waals surface area contributed by atoms with Crippen LogP contribution in [0.3, 0.4) is 0 Å². The largest absolute Gasteiger partial charge is 0.148 e. The molecular formula is C47H36N2S. The smallest absolute Gasteiger partial charge is 0.138 e. The topological polar surface area (TPSA) is 25.8 Å². The van der Waals surface area contributed by atoms with Crippen molar-refractivity contribution in [2.45, 2.75) is 25.7 Å². The van der Waals surface area contributed by atoms with Crippen molar-refractivity contribution in [3.8, 4) is 43.4 Å². The normalized spacial score (nSPS) is 13.0. The summed E-state index contributed by atoms with van der Waals surface area (Å²) in [5.41, 5.74) is 13.4. The maximum Gasteiger partial charge on any atom is 0.148 e. The van der Waals surface area contributed by atoms with Gasteiger partial charge in [0.05, 0.1) is 5.41 Å². The second kappa shape index (κ2) is 12.4. The number of nitrogens with zero attached hydrogens (tertiary/aromatic N) is 2. The Morgan fingerprint density at radius 1 is 0.480 bits per heavy atom. The van der Waals surface area contributed by atoms with Crippen molar-refractivity contribution in [2.75, 3.05) is 0 Å². The van der Waals surface area contributed by atoms with E-state index in [9.17, 15) is 0 Å². The first-order valence-corrected chi connectivity index (χ1v) is 18.2. The number of benzene rings is 7. The molecule has 0 spiro atoms. The van der Waals surface area contributed by atoms with Gasteiger partial charge in [-0.05, 0) is 85.3 Å². The van der Waals surface area contributed by atoms with E-state index < -0.39 is 5.41 Å². The molecule has 2 nitrogen and oxygen atoms in total. The predicted octanol–water partition coefficient (Wildman–Crippen LogP) is 12.3. The molecule has 50 heavy (non-hydrogen) atoms. The minimum Gasteiger partial charge on any atom is -0.138 e. The Morgan fingerprint density at radius 2 is 1.08 bits per heavy atom. The van der Waals surface area contributed by atoms with Gasteiger partial charge in [-0.25, -0.2) is 0 Å².